The van der Waals surface area contributed by atoms with Gasteiger partial charge in [-0.3, -0.25) is 19.3 Å². The zero-order valence-electron chi connectivity index (χ0n) is 30.3. The zero-order chi connectivity index (χ0) is 38.4. The fourth-order valence-corrected chi connectivity index (χ4v) is 8.05. The lowest BCUT2D eigenvalue weighted by molar-refractivity contribution is -0.146. The molecule has 3 aromatic rings. The van der Waals surface area contributed by atoms with E-state index in [9.17, 15) is 28.7 Å². The van der Waals surface area contributed by atoms with Crippen LogP contribution in [0.15, 0.2) is 54.7 Å². The summed E-state index contributed by atoms with van der Waals surface area (Å²) in [6, 6.07) is 12.0. The Morgan fingerprint density at radius 2 is 1.93 bits per heavy atom. The highest BCUT2D eigenvalue weighted by molar-refractivity contribution is 8.20. The Kier molecular flexibility index (Phi) is 13.0. The van der Waals surface area contributed by atoms with Gasteiger partial charge in [-0.25, -0.2) is 30.2 Å². The largest absolute Gasteiger partial charge is 0.444 e. The van der Waals surface area contributed by atoms with Gasteiger partial charge in [0, 0.05) is 76.6 Å². The number of aromatic nitrogens is 2. The number of aliphatic hydroxyl groups excluding tert-OH is 1. The number of aliphatic hydroxyl groups is 1. The molecule has 0 saturated carbocycles. The highest BCUT2D eigenvalue weighted by Crippen LogP contribution is 2.38. The second-order valence-corrected chi connectivity index (χ2v) is 14.9. The molecule has 4 heterocycles. The Hall–Kier alpha value is -4.32. The van der Waals surface area contributed by atoms with Crippen LogP contribution in [0.5, 0.6) is 0 Å². The summed E-state index contributed by atoms with van der Waals surface area (Å²) in [6.07, 6.45) is 0.151. The van der Waals surface area contributed by atoms with E-state index in [1.807, 2.05) is 34.9 Å². The van der Waals surface area contributed by atoms with Crippen LogP contribution in [0.4, 0.5) is 13.6 Å². The Balaban J connectivity index is 1.28. The lowest BCUT2D eigenvalue weighted by Crippen LogP contribution is -2.49. The van der Waals surface area contributed by atoms with Crippen LogP contribution in [0.2, 0.25) is 0 Å². The summed E-state index contributed by atoms with van der Waals surface area (Å²) in [7, 11) is 1.77. The maximum atomic E-state index is 15.2. The average Bonchev–Trinajstić information content (AvgIpc) is 3.86. The molecule has 5 atom stereocenters. The summed E-state index contributed by atoms with van der Waals surface area (Å²) in [5.74, 6) is -2.53. The van der Waals surface area contributed by atoms with Crippen molar-refractivity contribution in [3.8, 4) is 11.3 Å². The zero-order valence-corrected chi connectivity index (χ0v) is 31.1. The molecule has 3 fully saturated rings. The molecule has 0 spiro atoms. The summed E-state index contributed by atoms with van der Waals surface area (Å²) in [6.45, 7) is 3.40. The molecule has 4 amide bonds. The number of hydrogen-bond acceptors (Lipinski definition) is 10. The number of hydrogen-bond donors (Lipinski definition) is 3. The summed E-state index contributed by atoms with van der Waals surface area (Å²) in [4.78, 5) is 59.5. The normalized spacial score (nSPS) is 21.6. The fourth-order valence-electron chi connectivity index (χ4n) is 7.42. The highest BCUT2D eigenvalue weighted by Gasteiger charge is 2.42. The first kappa shape index (κ1) is 39.4. The van der Waals surface area contributed by atoms with E-state index in [0.717, 1.165) is 28.7 Å². The lowest BCUT2D eigenvalue weighted by Gasteiger charge is -2.40. The van der Waals surface area contributed by atoms with Crippen LogP contribution >= 0.6 is 11.6 Å². The molecule has 3 aliphatic heterocycles. The highest BCUT2D eigenvalue weighted by atomic mass is 32.2. The minimum absolute atomic E-state index is 0.0129. The monoisotopic (exact) mass is 766 g/mol. The van der Waals surface area contributed by atoms with E-state index in [0.29, 0.717) is 51.5 Å². The molecule has 2 aromatic carbocycles. The third kappa shape index (κ3) is 9.13. The molecule has 6 rings (SSSR count). The topological polar surface area (TPSA) is 155 Å². The molecule has 13 nitrogen and oxygen atoms in total. The van der Waals surface area contributed by atoms with Crippen LogP contribution in [-0.4, -0.2) is 119 Å². The van der Waals surface area contributed by atoms with Crippen molar-refractivity contribution in [2.45, 2.75) is 56.2 Å². The number of halogens is 2. The SMILES string of the molecule is BSC1CC(=O)N(CCNC(=O)O[C@@H]2CNC[C@H]2CN(C(=O)[C@H](C)O)[C@@H](c2nc(-c3cc(F)ccc3F)cn2Cc2ccccc2)C2CCOCC2)C1=O. The minimum atomic E-state index is -1.39. The third-order valence-corrected chi connectivity index (χ3v) is 11.2. The van der Waals surface area contributed by atoms with E-state index >= 15 is 4.39 Å². The van der Waals surface area contributed by atoms with Crippen LogP contribution in [-0.2, 0) is 30.4 Å². The van der Waals surface area contributed by atoms with Gasteiger partial charge in [0.1, 0.15) is 29.7 Å². The number of carbonyl (C=O) groups is 4. The van der Waals surface area contributed by atoms with E-state index in [1.54, 1.807) is 18.2 Å². The van der Waals surface area contributed by atoms with Crippen LogP contribution < -0.4 is 10.6 Å². The van der Waals surface area contributed by atoms with Gasteiger partial charge in [0.25, 0.3) is 5.91 Å². The molecule has 3 N–H and O–H groups in total. The lowest BCUT2D eigenvalue weighted by atomic mass is 9.88. The number of alkyl carbamates (subject to hydrolysis) is 1. The Morgan fingerprint density at radius 1 is 1.17 bits per heavy atom. The van der Waals surface area contributed by atoms with Crippen molar-refractivity contribution in [2.24, 2.45) is 11.8 Å². The number of carbonyl (C=O) groups excluding carboxylic acids is 4. The molecule has 0 bridgehead atoms. The van der Waals surface area contributed by atoms with Gasteiger partial charge in [0.2, 0.25) is 11.8 Å². The Bertz CT molecular complexity index is 1810. The smallest absolute Gasteiger partial charge is 0.407 e. The maximum absolute atomic E-state index is 15.2. The second-order valence-electron chi connectivity index (χ2n) is 13.9. The number of rotatable bonds is 14. The maximum Gasteiger partial charge on any atom is 0.407 e. The van der Waals surface area contributed by atoms with Gasteiger partial charge in [-0.1, -0.05) is 30.3 Å². The number of amides is 4. The van der Waals surface area contributed by atoms with Gasteiger partial charge in [0.05, 0.1) is 17.0 Å². The van der Waals surface area contributed by atoms with Gasteiger partial charge in [-0.15, -0.1) is 0 Å². The molecule has 288 valence electrons. The average molecular weight is 767 g/mol. The Morgan fingerprint density at radius 3 is 2.63 bits per heavy atom. The predicted molar refractivity (Wildman–Crippen MR) is 199 cm³/mol. The fraction of sp³-hybridized carbons (Fsp3) is 0.486. The number of imide groups is 1. The number of ether oxygens (including phenoxy) is 2. The first-order valence-electron chi connectivity index (χ1n) is 18.2. The molecule has 0 radical (unpaired) electrons. The minimum Gasteiger partial charge on any atom is -0.444 e. The van der Waals surface area contributed by atoms with Crippen molar-refractivity contribution < 1.29 is 42.5 Å². The number of imidazole rings is 1. The standard InChI is InChI=1S/C37H45BF2N6O7S/c1-22(47)35(49)46(20-25-17-41-18-30(25)53-37(51)42-11-12-45-32(48)16-31(54-38)36(45)50)33(24-9-13-52-14-10-24)34-43-29(27-15-26(39)7-8-28(27)40)21-44(34)19-23-5-3-2-4-6-23/h2-8,15,21-22,24-25,30-31,33,41,47H,9-14,16-20,38H2,1H3,(H,42,51)/t22-,25-,30+,31?,33+/m0/s1. The summed E-state index contributed by atoms with van der Waals surface area (Å²) in [5.41, 5.74) is 1.09. The van der Waals surface area contributed by atoms with Crippen molar-refractivity contribution in [1.29, 1.82) is 0 Å². The molecular weight excluding hydrogens is 721 g/mol. The second kappa shape index (κ2) is 17.9. The van der Waals surface area contributed by atoms with Crippen molar-refractivity contribution in [2.75, 3.05) is 45.9 Å². The number of nitrogens with one attached hydrogen (secondary N) is 2. The molecule has 3 aliphatic rings. The van der Waals surface area contributed by atoms with E-state index in [4.69, 9.17) is 14.5 Å². The van der Waals surface area contributed by atoms with Crippen LogP contribution in [0.3, 0.4) is 0 Å². The molecule has 1 unspecified atom stereocenters. The molecule has 3 saturated heterocycles. The van der Waals surface area contributed by atoms with E-state index in [1.165, 1.54) is 18.5 Å². The first-order chi connectivity index (χ1) is 26.0. The summed E-state index contributed by atoms with van der Waals surface area (Å²) >= 11 is 1.31. The van der Waals surface area contributed by atoms with Gasteiger partial charge >= 0.3 is 6.09 Å². The number of nitrogens with zero attached hydrogens (tertiary/aromatic N) is 4. The van der Waals surface area contributed by atoms with Crippen molar-refractivity contribution in [1.82, 2.24) is 30.0 Å². The molecule has 0 aliphatic carbocycles. The molecule has 54 heavy (non-hydrogen) atoms. The first-order valence-corrected chi connectivity index (χ1v) is 19.5. The van der Waals surface area contributed by atoms with E-state index < -0.39 is 53.1 Å². The molecular formula is C37H45BF2N6O7S. The van der Waals surface area contributed by atoms with Crippen LogP contribution in [0, 0.1) is 23.5 Å². The summed E-state index contributed by atoms with van der Waals surface area (Å²) in [5, 5.41) is 16.2. The van der Waals surface area contributed by atoms with Gasteiger partial charge in [-0.05, 0) is 49.4 Å². The third-order valence-electron chi connectivity index (χ3n) is 10.2. The van der Waals surface area contributed by atoms with Crippen LogP contribution in [0.1, 0.15) is 43.6 Å². The molecule has 17 heteroatoms. The Labute approximate surface area is 317 Å². The number of benzene rings is 2. The van der Waals surface area contributed by atoms with Gasteiger partial charge in [0.15, 0.2) is 7.12 Å². The molecule has 1 aromatic heterocycles. The van der Waals surface area contributed by atoms with Gasteiger partial charge < -0.3 is 34.7 Å². The van der Waals surface area contributed by atoms with E-state index in [-0.39, 0.29) is 55.0 Å². The predicted octanol–water partition coefficient (Wildman–Crippen LogP) is 2.28. The van der Waals surface area contributed by atoms with E-state index in [2.05, 4.69) is 10.6 Å². The van der Waals surface area contributed by atoms with Crippen molar-refractivity contribution in [3.63, 3.8) is 0 Å². The van der Waals surface area contributed by atoms with Gasteiger partial charge in [-0.2, -0.15) is 0 Å². The summed E-state index contributed by atoms with van der Waals surface area (Å²) < 4.78 is 43.0. The van der Waals surface area contributed by atoms with Crippen LogP contribution in [0.25, 0.3) is 11.3 Å². The quantitative estimate of drug-likeness (QED) is 0.165. The number of likely N-dealkylation sites (tertiary alicyclic amines) is 1. The van der Waals surface area contributed by atoms with Crippen molar-refractivity contribution >= 4 is 42.6 Å². The van der Waals surface area contributed by atoms with Crippen molar-refractivity contribution in [3.05, 3.63) is 77.8 Å².